The number of hydrogen-bond donors (Lipinski definition) is 1. The molecule has 0 aliphatic carbocycles. The van der Waals surface area contributed by atoms with Crippen molar-refractivity contribution in [3.8, 4) is 11.3 Å². The first-order chi connectivity index (χ1) is 13.3. The van der Waals surface area contributed by atoms with Crippen molar-refractivity contribution in [1.29, 1.82) is 0 Å². The van der Waals surface area contributed by atoms with E-state index in [9.17, 15) is 4.79 Å². The largest absolute Gasteiger partial charge is 0.468 e. The minimum atomic E-state index is -0.0190. The number of rotatable bonds is 6. The number of hydrogen-bond acceptors (Lipinski definition) is 6. The van der Waals surface area contributed by atoms with Crippen molar-refractivity contribution in [2.24, 2.45) is 5.92 Å². The van der Waals surface area contributed by atoms with Gasteiger partial charge in [0.25, 0.3) is 0 Å². The average Bonchev–Trinajstić information content (AvgIpc) is 3.39. The number of nitrogens with zero attached hydrogens (tertiary/aromatic N) is 3. The Morgan fingerprint density at radius 3 is 3.07 bits per heavy atom. The van der Waals surface area contributed by atoms with E-state index in [4.69, 9.17) is 8.94 Å². The van der Waals surface area contributed by atoms with Gasteiger partial charge >= 0.3 is 0 Å². The molecule has 1 aliphatic rings. The van der Waals surface area contributed by atoms with E-state index in [1.54, 1.807) is 18.7 Å². The molecule has 1 saturated heterocycles. The van der Waals surface area contributed by atoms with Crippen LogP contribution in [0.25, 0.3) is 11.3 Å². The summed E-state index contributed by atoms with van der Waals surface area (Å²) in [6.07, 6.45) is 7.03. The summed E-state index contributed by atoms with van der Waals surface area (Å²) in [5, 5.41) is 7.02. The number of carbonyl (C=O) groups is 1. The number of piperidine rings is 1. The molecule has 7 heteroatoms. The lowest BCUT2D eigenvalue weighted by atomic mass is 9.97. The quantitative estimate of drug-likeness (QED) is 0.722. The first-order valence-electron chi connectivity index (χ1n) is 9.16. The molecular weight excluding hydrogens is 344 g/mol. The summed E-state index contributed by atoms with van der Waals surface area (Å²) >= 11 is 0. The summed E-state index contributed by atoms with van der Waals surface area (Å²) in [4.78, 5) is 18.9. The Hall–Kier alpha value is -2.93. The Labute approximate surface area is 157 Å². The number of amides is 1. The molecule has 140 valence electrons. The van der Waals surface area contributed by atoms with Crippen molar-refractivity contribution in [2.45, 2.75) is 25.9 Å². The summed E-state index contributed by atoms with van der Waals surface area (Å²) in [6.45, 7) is 2.80. The zero-order valence-corrected chi connectivity index (χ0v) is 15.0. The Kier molecular flexibility index (Phi) is 5.29. The molecule has 1 fully saturated rings. The van der Waals surface area contributed by atoms with Crippen molar-refractivity contribution in [1.82, 2.24) is 20.4 Å². The SMILES string of the molecule is O=C(NCc1cc(-c2cccnc2)no1)C1CCCN(Cc2ccco2)C1. The maximum atomic E-state index is 12.6. The molecule has 1 N–H and O–H groups in total. The highest BCUT2D eigenvalue weighted by Crippen LogP contribution is 2.20. The molecule has 0 saturated carbocycles. The highest BCUT2D eigenvalue weighted by molar-refractivity contribution is 5.78. The Balaban J connectivity index is 1.29. The molecule has 27 heavy (non-hydrogen) atoms. The Morgan fingerprint density at radius 2 is 2.26 bits per heavy atom. The predicted octanol–water partition coefficient (Wildman–Crippen LogP) is 2.86. The van der Waals surface area contributed by atoms with Gasteiger partial charge in [0, 0.05) is 30.6 Å². The minimum Gasteiger partial charge on any atom is -0.468 e. The summed E-state index contributed by atoms with van der Waals surface area (Å²) < 4.78 is 10.7. The molecule has 0 aromatic carbocycles. The number of pyridine rings is 1. The number of nitrogens with one attached hydrogen (secondary N) is 1. The maximum absolute atomic E-state index is 12.6. The molecule has 4 rings (SSSR count). The van der Waals surface area contributed by atoms with Crippen LogP contribution >= 0.6 is 0 Å². The van der Waals surface area contributed by atoms with Crippen LogP contribution in [0.5, 0.6) is 0 Å². The van der Waals surface area contributed by atoms with Crippen LogP contribution in [-0.2, 0) is 17.9 Å². The normalized spacial score (nSPS) is 17.7. The van der Waals surface area contributed by atoms with Crippen LogP contribution in [0.15, 0.2) is 57.9 Å². The van der Waals surface area contributed by atoms with Gasteiger partial charge in [0.2, 0.25) is 5.91 Å². The van der Waals surface area contributed by atoms with E-state index >= 15 is 0 Å². The highest BCUT2D eigenvalue weighted by atomic mass is 16.5. The summed E-state index contributed by atoms with van der Waals surface area (Å²) in [5.41, 5.74) is 1.61. The topological polar surface area (TPSA) is 84.4 Å². The van der Waals surface area contributed by atoms with Gasteiger partial charge in [0.1, 0.15) is 11.5 Å². The van der Waals surface area contributed by atoms with Gasteiger partial charge in [-0.2, -0.15) is 0 Å². The molecule has 1 atom stereocenters. The predicted molar refractivity (Wildman–Crippen MR) is 98.3 cm³/mol. The molecule has 0 bridgehead atoms. The molecule has 1 unspecified atom stereocenters. The van der Waals surface area contributed by atoms with Gasteiger partial charge < -0.3 is 14.3 Å². The van der Waals surface area contributed by atoms with Crippen LogP contribution in [0.3, 0.4) is 0 Å². The lowest BCUT2D eigenvalue weighted by Crippen LogP contribution is -2.42. The van der Waals surface area contributed by atoms with E-state index in [0.717, 1.165) is 49.5 Å². The number of aromatic nitrogens is 2. The van der Waals surface area contributed by atoms with E-state index < -0.39 is 0 Å². The molecule has 3 aromatic heterocycles. The zero-order chi connectivity index (χ0) is 18.5. The Morgan fingerprint density at radius 1 is 1.30 bits per heavy atom. The zero-order valence-electron chi connectivity index (χ0n) is 15.0. The standard InChI is InChI=1S/C20H22N4O3/c25-20(16-5-2-8-24(13-16)14-17-6-3-9-26-17)22-12-18-10-19(23-27-18)15-4-1-7-21-11-15/h1,3-4,6-7,9-11,16H,2,5,8,12-14H2,(H,22,25). The summed E-state index contributed by atoms with van der Waals surface area (Å²) in [5.74, 6) is 1.60. The summed E-state index contributed by atoms with van der Waals surface area (Å²) in [6, 6.07) is 9.46. The third-order valence-corrected chi connectivity index (χ3v) is 4.79. The van der Waals surface area contributed by atoms with Gasteiger partial charge in [-0.25, -0.2) is 0 Å². The van der Waals surface area contributed by atoms with E-state index in [-0.39, 0.29) is 11.8 Å². The molecule has 1 aliphatic heterocycles. The van der Waals surface area contributed by atoms with Gasteiger partial charge in [-0.3, -0.25) is 14.7 Å². The van der Waals surface area contributed by atoms with E-state index in [1.165, 1.54) is 0 Å². The monoisotopic (exact) mass is 366 g/mol. The second-order valence-electron chi connectivity index (χ2n) is 6.79. The van der Waals surface area contributed by atoms with E-state index in [2.05, 4.69) is 20.4 Å². The van der Waals surface area contributed by atoms with Crippen LogP contribution in [0, 0.1) is 5.92 Å². The first kappa shape index (κ1) is 17.5. The average molecular weight is 366 g/mol. The van der Waals surface area contributed by atoms with Gasteiger partial charge in [-0.1, -0.05) is 5.16 Å². The fraction of sp³-hybridized carbons (Fsp3) is 0.350. The van der Waals surface area contributed by atoms with Gasteiger partial charge in [-0.15, -0.1) is 0 Å². The van der Waals surface area contributed by atoms with Crippen LogP contribution in [0.4, 0.5) is 0 Å². The van der Waals surface area contributed by atoms with Crippen molar-refractivity contribution in [2.75, 3.05) is 13.1 Å². The lowest BCUT2D eigenvalue weighted by molar-refractivity contribution is -0.127. The van der Waals surface area contributed by atoms with Crippen LogP contribution < -0.4 is 5.32 Å². The van der Waals surface area contributed by atoms with Gasteiger partial charge in [0.05, 0.1) is 25.3 Å². The van der Waals surface area contributed by atoms with Crippen molar-refractivity contribution >= 4 is 5.91 Å². The number of carbonyl (C=O) groups excluding carboxylic acids is 1. The lowest BCUT2D eigenvalue weighted by Gasteiger charge is -2.31. The molecule has 1 amide bonds. The highest BCUT2D eigenvalue weighted by Gasteiger charge is 2.26. The van der Waals surface area contributed by atoms with Crippen LogP contribution in [0.1, 0.15) is 24.4 Å². The smallest absolute Gasteiger partial charge is 0.224 e. The maximum Gasteiger partial charge on any atom is 0.224 e. The van der Waals surface area contributed by atoms with Crippen LogP contribution in [-0.4, -0.2) is 34.0 Å². The molecule has 0 radical (unpaired) electrons. The third-order valence-electron chi connectivity index (χ3n) is 4.79. The fourth-order valence-electron chi connectivity index (χ4n) is 3.40. The molecule has 0 spiro atoms. The van der Waals surface area contributed by atoms with E-state index in [0.29, 0.717) is 12.3 Å². The molecule has 7 nitrogen and oxygen atoms in total. The minimum absolute atomic E-state index is 0.0190. The second kappa shape index (κ2) is 8.18. The molecule has 3 aromatic rings. The first-order valence-corrected chi connectivity index (χ1v) is 9.16. The number of furan rings is 1. The number of likely N-dealkylation sites (tertiary alicyclic amines) is 1. The fourth-order valence-corrected chi connectivity index (χ4v) is 3.40. The van der Waals surface area contributed by atoms with Gasteiger partial charge in [0.15, 0.2) is 5.76 Å². The second-order valence-corrected chi connectivity index (χ2v) is 6.79. The third kappa shape index (κ3) is 4.43. The van der Waals surface area contributed by atoms with Crippen LogP contribution in [0.2, 0.25) is 0 Å². The summed E-state index contributed by atoms with van der Waals surface area (Å²) in [7, 11) is 0. The van der Waals surface area contributed by atoms with E-state index in [1.807, 2.05) is 30.3 Å². The Bertz CT molecular complexity index is 861. The van der Waals surface area contributed by atoms with Crippen molar-refractivity contribution in [3.05, 3.63) is 60.5 Å². The molecule has 4 heterocycles. The van der Waals surface area contributed by atoms with Crippen molar-refractivity contribution in [3.63, 3.8) is 0 Å². The van der Waals surface area contributed by atoms with Crippen molar-refractivity contribution < 1.29 is 13.7 Å². The van der Waals surface area contributed by atoms with Gasteiger partial charge in [-0.05, 0) is 43.7 Å². The molecular formula is C20H22N4O3.